The summed E-state index contributed by atoms with van der Waals surface area (Å²) in [6, 6.07) is 20.0. The summed E-state index contributed by atoms with van der Waals surface area (Å²) < 4.78 is 27.6. The van der Waals surface area contributed by atoms with E-state index in [9.17, 15) is 18.0 Å². The summed E-state index contributed by atoms with van der Waals surface area (Å²) in [5, 5.41) is 3.37. The van der Waals surface area contributed by atoms with Crippen LogP contribution in [0.5, 0.6) is 0 Å². The Morgan fingerprint density at radius 2 is 1.61 bits per heavy atom. The molecule has 36 heavy (non-hydrogen) atoms. The monoisotopic (exact) mass is 523 g/mol. The van der Waals surface area contributed by atoms with Gasteiger partial charge in [-0.1, -0.05) is 48.4 Å². The third-order valence-corrected chi connectivity index (χ3v) is 8.79. The fourth-order valence-electron chi connectivity index (χ4n) is 4.85. The first-order valence-corrected chi connectivity index (χ1v) is 13.7. The van der Waals surface area contributed by atoms with Crippen LogP contribution in [0.15, 0.2) is 77.7 Å². The van der Waals surface area contributed by atoms with Crippen molar-refractivity contribution >= 4 is 39.1 Å². The zero-order chi connectivity index (χ0) is 25.3. The van der Waals surface area contributed by atoms with Gasteiger partial charge in [-0.05, 0) is 60.9 Å². The number of hydrogen-bond acceptors (Lipinski definition) is 4. The summed E-state index contributed by atoms with van der Waals surface area (Å²) in [4.78, 5) is 28.2. The number of fused-ring (bicyclic) bond motifs is 1. The molecule has 9 heteroatoms. The highest BCUT2D eigenvalue weighted by atomic mass is 35.5. The molecule has 2 aliphatic heterocycles. The molecule has 1 N–H and O–H groups in total. The van der Waals surface area contributed by atoms with Crippen molar-refractivity contribution in [3.63, 3.8) is 0 Å². The normalized spacial score (nSPS) is 18.8. The van der Waals surface area contributed by atoms with Gasteiger partial charge in [-0.3, -0.25) is 9.59 Å². The Bertz CT molecular complexity index is 1390. The fraction of sp³-hybridized carbons (Fsp3) is 0.259. The Morgan fingerprint density at radius 1 is 0.917 bits per heavy atom. The number of piperidine rings is 1. The molecule has 1 atom stereocenters. The van der Waals surface area contributed by atoms with Crippen molar-refractivity contribution in [3.05, 3.63) is 94.5 Å². The van der Waals surface area contributed by atoms with Crippen molar-refractivity contribution in [2.24, 2.45) is 0 Å². The van der Waals surface area contributed by atoms with Crippen LogP contribution in [0.4, 0.5) is 5.69 Å². The number of anilines is 1. The second-order valence-corrected chi connectivity index (χ2v) is 11.4. The first-order chi connectivity index (χ1) is 17.3. The van der Waals surface area contributed by atoms with Crippen LogP contribution in [0, 0.1) is 0 Å². The van der Waals surface area contributed by atoms with E-state index in [0.29, 0.717) is 34.9 Å². The van der Waals surface area contributed by atoms with Crippen LogP contribution >= 0.6 is 11.6 Å². The van der Waals surface area contributed by atoms with Gasteiger partial charge in [0.2, 0.25) is 15.9 Å². The lowest BCUT2D eigenvalue weighted by Crippen LogP contribution is -2.39. The van der Waals surface area contributed by atoms with Crippen molar-refractivity contribution in [2.75, 3.05) is 25.0 Å². The summed E-state index contributed by atoms with van der Waals surface area (Å²) in [5.41, 5.74) is 2.43. The van der Waals surface area contributed by atoms with Gasteiger partial charge in [0, 0.05) is 34.9 Å². The van der Waals surface area contributed by atoms with Gasteiger partial charge < -0.3 is 10.2 Å². The Kier molecular flexibility index (Phi) is 6.83. The van der Waals surface area contributed by atoms with Gasteiger partial charge in [0.25, 0.3) is 5.91 Å². The molecule has 0 unspecified atom stereocenters. The average Bonchev–Trinajstić information content (AvgIpc) is 3.05. The molecule has 186 valence electrons. The van der Waals surface area contributed by atoms with Gasteiger partial charge in [-0.15, -0.1) is 0 Å². The number of amides is 2. The molecule has 2 heterocycles. The third kappa shape index (κ3) is 4.76. The van der Waals surface area contributed by atoms with Crippen LogP contribution in [0.25, 0.3) is 0 Å². The molecular weight excluding hydrogens is 498 g/mol. The minimum atomic E-state index is -3.61. The standard InChI is InChI=1S/C27H26ClN3O4S/c28-21-11-14-24-23(17-21)26(19-7-3-1-4-8-19)31(18-25(32)29-24)27(33)20-9-12-22(13-10-20)36(34,35)30-15-5-2-6-16-30/h1,3-4,7-14,17,26H,2,5-6,15-16,18H2,(H,29,32)/t26-/m0/s1. The predicted molar refractivity (Wildman–Crippen MR) is 138 cm³/mol. The minimum absolute atomic E-state index is 0.159. The van der Waals surface area contributed by atoms with E-state index >= 15 is 0 Å². The summed E-state index contributed by atoms with van der Waals surface area (Å²) in [5.74, 6) is -0.705. The second kappa shape index (κ2) is 10.0. The molecule has 0 bridgehead atoms. The first kappa shape index (κ1) is 24.5. The number of benzene rings is 3. The molecule has 0 radical (unpaired) electrons. The highest BCUT2D eigenvalue weighted by Gasteiger charge is 2.34. The zero-order valence-electron chi connectivity index (χ0n) is 19.6. The van der Waals surface area contributed by atoms with E-state index in [1.165, 1.54) is 33.5 Å². The highest BCUT2D eigenvalue weighted by molar-refractivity contribution is 7.89. The number of nitrogens with one attached hydrogen (secondary N) is 1. The van der Waals surface area contributed by atoms with E-state index in [-0.39, 0.29) is 23.3 Å². The number of rotatable bonds is 4. The van der Waals surface area contributed by atoms with E-state index < -0.39 is 16.1 Å². The fourth-order valence-corrected chi connectivity index (χ4v) is 6.55. The number of nitrogens with zero attached hydrogens (tertiary/aromatic N) is 2. The molecule has 0 spiro atoms. The van der Waals surface area contributed by atoms with Crippen molar-refractivity contribution < 1.29 is 18.0 Å². The first-order valence-electron chi connectivity index (χ1n) is 11.9. The van der Waals surface area contributed by atoms with Gasteiger partial charge in [0.15, 0.2) is 0 Å². The largest absolute Gasteiger partial charge is 0.324 e. The molecule has 5 rings (SSSR count). The van der Waals surface area contributed by atoms with Crippen LogP contribution in [0.1, 0.15) is 46.8 Å². The SMILES string of the molecule is O=C1CN(C(=O)c2ccc(S(=O)(=O)N3CCCCC3)cc2)[C@@H](c2ccccc2)c2cc(Cl)ccc2N1. The summed E-state index contributed by atoms with van der Waals surface area (Å²) in [6.07, 6.45) is 2.72. The molecule has 0 aromatic heterocycles. The smallest absolute Gasteiger partial charge is 0.255 e. The molecule has 1 fully saturated rings. The number of carbonyl (C=O) groups is 2. The van der Waals surface area contributed by atoms with Crippen molar-refractivity contribution in [2.45, 2.75) is 30.2 Å². The van der Waals surface area contributed by atoms with Gasteiger partial charge >= 0.3 is 0 Å². The summed E-state index contributed by atoms with van der Waals surface area (Å²) in [6.45, 7) is 0.845. The van der Waals surface area contributed by atoms with E-state index in [0.717, 1.165) is 24.8 Å². The Hall–Kier alpha value is -3.20. The number of hydrogen-bond donors (Lipinski definition) is 1. The van der Waals surface area contributed by atoms with Crippen LogP contribution in [-0.2, 0) is 14.8 Å². The van der Waals surface area contributed by atoms with E-state index in [4.69, 9.17) is 11.6 Å². The topological polar surface area (TPSA) is 86.8 Å². The molecule has 0 saturated carbocycles. The van der Waals surface area contributed by atoms with Crippen molar-refractivity contribution in [1.82, 2.24) is 9.21 Å². The Balaban J connectivity index is 1.52. The van der Waals surface area contributed by atoms with Crippen LogP contribution < -0.4 is 5.32 Å². The summed E-state index contributed by atoms with van der Waals surface area (Å²) >= 11 is 6.31. The molecule has 7 nitrogen and oxygen atoms in total. The van der Waals surface area contributed by atoms with Crippen LogP contribution in [0.2, 0.25) is 5.02 Å². The minimum Gasteiger partial charge on any atom is -0.324 e. The quantitative estimate of drug-likeness (QED) is 0.537. The maximum Gasteiger partial charge on any atom is 0.255 e. The van der Waals surface area contributed by atoms with Crippen molar-refractivity contribution in [3.8, 4) is 0 Å². The lowest BCUT2D eigenvalue weighted by atomic mass is 9.95. The number of carbonyl (C=O) groups excluding carboxylic acids is 2. The molecular formula is C27H26ClN3O4S. The number of sulfonamides is 1. The Morgan fingerprint density at radius 3 is 2.31 bits per heavy atom. The third-order valence-electron chi connectivity index (χ3n) is 6.64. The average molecular weight is 524 g/mol. The van der Waals surface area contributed by atoms with Crippen LogP contribution in [-0.4, -0.2) is 49.1 Å². The lowest BCUT2D eigenvalue weighted by molar-refractivity contribution is -0.117. The number of halogens is 1. The van der Waals surface area contributed by atoms with E-state index in [1.54, 1.807) is 18.2 Å². The Labute approximate surface area is 215 Å². The zero-order valence-corrected chi connectivity index (χ0v) is 21.1. The summed E-state index contributed by atoms with van der Waals surface area (Å²) in [7, 11) is -3.61. The van der Waals surface area contributed by atoms with E-state index in [2.05, 4.69) is 5.32 Å². The lowest BCUT2D eigenvalue weighted by Gasteiger charge is -2.31. The second-order valence-electron chi connectivity index (χ2n) is 9.02. The molecule has 1 saturated heterocycles. The highest BCUT2D eigenvalue weighted by Crippen LogP contribution is 2.38. The van der Waals surface area contributed by atoms with Gasteiger partial charge in [-0.25, -0.2) is 8.42 Å². The van der Waals surface area contributed by atoms with Gasteiger partial charge in [0.05, 0.1) is 10.9 Å². The predicted octanol–water partition coefficient (Wildman–Crippen LogP) is 4.70. The molecule has 3 aromatic carbocycles. The molecule has 3 aromatic rings. The van der Waals surface area contributed by atoms with Gasteiger partial charge in [0.1, 0.15) is 6.54 Å². The molecule has 0 aliphatic carbocycles. The maximum atomic E-state index is 13.8. The maximum absolute atomic E-state index is 13.8. The van der Waals surface area contributed by atoms with Crippen LogP contribution in [0.3, 0.4) is 0 Å². The van der Waals surface area contributed by atoms with E-state index in [1.807, 2.05) is 30.3 Å². The molecule has 2 aliphatic rings. The van der Waals surface area contributed by atoms with Crippen molar-refractivity contribution in [1.29, 1.82) is 0 Å². The van der Waals surface area contributed by atoms with Gasteiger partial charge in [-0.2, -0.15) is 4.31 Å². The molecule has 2 amide bonds.